The molecule has 4 heterocycles. The number of benzene rings is 3. The number of nitrogens with zero attached hydrogens (tertiary/aromatic N) is 5. The van der Waals surface area contributed by atoms with E-state index in [4.69, 9.17) is 9.97 Å². The summed E-state index contributed by atoms with van der Waals surface area (Å²) in [6, 6.07) is 38.9. The number of pyridine rings is 2. The van der Waals surface area contributed by atoms with E-state index in [1.165, 1.54) is 27.8 Å². The molecule has 0 spiro atoms. The van der Waals surface area contributed by atoms with E-state index >= 15 is 0 Å². The van der Waals surface area contributed by atoms with Gasteiger partial charge in [0.05, 0.1) is 11.3 Å². The summed E-state index contributed by atoms with van der Waals surface area (Å²) in [6.45, 7) is 17.6. The van der Waals surface area contributed by atoms with Gasteiger partial charge < -0.3 is 14.2 Å². The van der Waals surface area contributed by atoms with Crippen LogP contribution in [0.5, 0.6) is 0 Å². The van der Waals surface area contributed by atoms with Crippen LogP contribution in [0.15, 0.2) is 104 Å². The molecule has 6 aromatic rings. The quantitative estimate of drug-likeness (QED) is 0.162. The third kappa shape index (κ3) is 5.08. The Hall–Kier alpha value is -4.47. The molecule has 3 aromatic carbocycles. The van der Waals surface area contributed by atoms with Gasteiger partial charge in [-0.25, -0.2) is 11.6 Å². The van der Waals surface area contributed by atoms with Gasteiger partial charge in [0.25, 0.3) is 0 Å². The largest absolute Gasteiger partial charge is 0.510 e. The van der Waals surface area contributed by atoms with Crippen LogP contribution in [0.25, 0.3) is 16.8 Å². The Morgan fingerprint density at radius 1 is 0.780 bits per heavy atom. The second kappa shape index (κ2) is 12.1. The van der Waals surface area contributed by atoms with Crippen molar-refractivity contribution in [3.63, 3.8) is 0 Å². The molecule has 3 aromatic heterocycles. The van der Waals surface area contributed by atoms with Crippen LogP contribution in [0.4, 0.5) is 5.69 Å². The average molecular weight is 836 g/mol. The Morgan fingerprint density at radius 2 is 1.46 bits per heavy atom. The van der Waals surface area contributed by atoms with E-state index in [0.29, 0.717) is 0 Å². The summed E-state index contributed by atoms with van der Waals surface area (Å²) in [5.41, 5.74) is 13.1. The number of aryl methyl sites for hydroxylation is 2. The van der Waals surface area contributed by atoms with Crippen molar-refractivity contribution in [1.29, 1.82) is 0 Å². The molecule has 5 nitrogen and oxygen atoms in total. The molecule has 2 aliphatic rings. The van der Waals surface area contributed by atoms with E-state index in [2.05, 4.69) is 179 Å². The number of imidazole rings is 1. The van der Waals surface area contributed by atoms with Gasteiger partial charge in [-0.2, -0.15) is 37.0 Å². The minimum Gasteiger partial charge on any atom is -0.510 e. The van der Waals surface area contributed by atoms with Gasteiger partial charge in [-0.15, -0.1) is 11.3 Å². The molecule has 0 saturated heterocycles. The van der Waals surface area contributed by atoms with Gasteiger partial charge >= 0.3 is 0 Å². The van der Waals surface area contributed by atoms with Gasteiger partial charge in [0.15, 0.2) is 0 Å². The van der Waals surface area contributed by atoms with Crippen LogP contribution in [-0.4, -0.2) is 26.3 Å². The zero-order valence-electron chi connectivity index (χ0n) is 29.9. The third-order valence-corrected chi connectivity index (χ3v) is 10.6. The predicted molar refractivity (Wildman–Crippen MR) is 198 cm³/mol. The second-order valence-corrected chi connectivity index (χ2v) is 15.1. The van der Waals surface area contributed by atoms with Crippen molar-refractivity contribution in [2.24, 2.45) is 0 Å². The second-order valence-electron chi connectivity index (χ2n) is 15.1. The molecular formula is C44H42N5Pt-3. The van der Waals surface area contributed by atoms with E-state index in [1.54, 1.807) is 0 Å². The van der Waals surface area contributed by atoms with Crippen molar-refractivity contribution in [2.75, 3.05) is 11.9 Å². The molecule has 0 bridgehead atoms. The number of rotatable bonds is 5. The van der Waals surface area contributed by atoms with E-state index < -0.39 is 10.8 Å². The van der Waals surface area contributed by atoms with Crippen molar-refractivity contribution >= 4 is 11.3 Å². The molecule has 0 saturated carbocycles. The molecule has 50 heavy (non-hydrogen) atoms. The summed E-state index contributed by atoms with van der Waals surface area (Å²) >= 11 is 0. The van der Waals surface area contributed by atoms with Crippen LogP contribution >= 0.6 is 0 Å². The predicted octanol–water partition coefficient (Wildman–Crippen LogP) is 9.27. The monoisotopic (exact) mass is 835 g/mol. The minimum atomic E-state index is -0.735. The maximum absolute atomic E-state index is 5.18. The Labute approximate surface area is 311 Å². The maximum atomic E-state index is 5.18. The number of fused-ring (bicyclic) bond motifs is 4. The fourth-order valence-electron chi connectivity index (χ4n) is 7.67. The molecule has 1 aliphatic heterocycles. The van der Waals surface area contributed by atoms with Crippen LogP contribution < -0.4 is 4.90 Å². The minimum absolute atomic E-state index is 0. The van der Waals surface area contributed by atoms with Gasteiger partial charge in [-0.3, -0.25) is 9.97 Å². The zero-order valence-corrected chi connectivity index (χ0v) is 32.2. The summed E-state index contributed by atoms with van der Waals surface area (Å²) in [5, 5.41) is 0. The molecular weight excluding hydrogens is 794 g/mol. The van der Waals surface area contributed by atoms with Gasteiger partial charge in [-0.1, -0.05) is 83.1 Å². The summed E-state index contributed by atoms with van der Waals surface area (Å²) in [7, 11) is 2.04. The zero-order chi connectivity index (χ0) is 34.3. The van der Waals surface area contributed by atoms with Crippen molar-refractivity contribution in [3.8, 4) is 11.1 Å². The van der Waals surface area contributed by atoms with E-state index in [1.807, 2.05) is 13.2 Å². The van der Waals surface area contributed by atoms with Crippen molar-refractivity contribution < 1.29 is 21.1 Å². The van der Waals surface area contributed by atoms with Crippen LogP contribution in [-0.2, 0) is 37.3 Å². The Bertz CT molecular complexity index is 2240. The number of hydrogen-bond acceptors (Lipinski definition) is 4. The molecule has 0 radical (unpaired) electrons. The first-order chi connectivity index (χ1) is 23.4. The fraction of sp³-hybridized carbons (Fsp3) is 0.250. The van der Waals surface area contributed by atoms with E-state index in [9.17, 15) is 0 Å². The normalized spacial score (nSPS) is 15.0. The third-order valence-electron chi connectivity index (χ3n) is 10.6. The maximum Gasteiger partial charge on any atom is 0.0573 e. The van der Waals surface area contributed by atoms with Gasteiger partial charge in [0, 0.05) is 44.1 Å². The fourth-order valence-corrected chi connectivity index (χ4v) is 7.67. The molecule has 1 aliphatic carbocycles. The summed E-state index contributed by atoms with van der Waals surface area (Å²) in [4.78, 5) is 14.3. The molecule has 8 rings (SSSR count). The Balaban J connectivity index is 0.00000392. The molecule has 0 fully saturated rings. The van der Waals surface area contributed by atoms with Crippen LogP contribution in [0.3, 0.4) is 0 Å². The van der Waals surface area contributed by atoms with Crippen LogP contribution in [0, 0.1) is 32.6 Å². The average Bonchev–Trinajstić information content (AvgIpc) is 3.76. The van der Waals surface area contributed by atoms with E-state index in [-0.39, 0.29) is 26.5 Å². The van der Waals surface area contributed by atoms with Crippen molar-refractivity contribution in [2.45, 2.75) is 64.7 Å². The van der Waals surface area contributed by atoms with Crippen molar-refractivity contribution in [1.82, 2.24) is 19.3 Å². The smallest absolute Gasteiger partial charge is 0.0573 e. The Kier molecular flexibility index (Phi) is 8.22. The standard InChI is InChI=1S/C44H42N5.Pt/c1-29-30(2)49-40(26-33(27-41(49)46-29)43(6,7)39-25-31(20-21-45-39)42(3,4)5)44(32-14-13-15-34(24-32)48-23-22-47(8)28-48)37-18-11-9-16-35(37)36-17-10-12-19-38(36)44;/h9-23,25,27-28H,1-8H3;/q-3;. The summed E-state index contributed by atoms with van der Waals surface area (Å²) < 4.78 is 2.34. The first-order valence-corrected chi connectivity index (χ1v) is 17.1. The number of aromatic nitrogens is 3. The van der Waals surface area contributed by atoms with Crippen LogP contribution in [0.1, 0.15) is 85.2 Å². The van der Waals surface area contributed by atoms with Gasteiger partial charge in [0.2, 0.25) is 0 Å². The molecule has 0 unspecified atom stereocenters. The SMILES string of the molecule is Cc1nc2cc(C(C)(C)c3cc(C(C)(C)C)ccn3)[c-]c(C3(c4[c-]c(N5C=CN(C)[CH-]5)ccc4)c4ccccc4-c4ccccc43)n2c1C.[Pt]. The van der Waals surface area contributed by atoms with Gasteiger partial charge in [0.1, 0.15) is 0 Å². The number of anilines is 1. The van der Waals surface area contributed by atoms with Gasteiger partial charge in [-0.05, 0) is 89.8 Å². The first kappa shape index (κ1) is 34.0. The summed E-state index contributed by atoms with van der Waals surface area (Å²) in [5.74, 6) is 0. The van der Waals surface area contributed by atoms with E-state index in [0.717, 1.165) is 45.2 Å². The number of hydrogen-bond donors (Lipinski definition) is 0. The van der Waals surface area contributed by atoms with Crippen LogP contribution in [0.2, 0.25) is 0 Å². The molecule has 6 heteroatoms. The molecule has 0 atom stereocenters. The first-order valence-electron chi connectivity index (χ1n) is 17.1. The summed E-state index contributed by atoms with van der Waals surface area (Å²) in [6.07, 6.45) is 6.08. The molecule has 0 amide bonds. The Morgan fingerprint density at radius 3 is 2.10 bits per heavy atom. The molecule has 256 valence electrons. The topological polar surface area (TPSA) is 36.7 Å². The molecule has 0 N–H and O–H groups in total. The van der Waals surface area contributed by atoms with Crippen molar-refractivity contribution in [3.05, 3.63) is 173 Å².